The van der Waals surface area contributed by atoms with Crippen LogP contribution in [-0.2, 0) is 17.5 Å². The predicted octanol–water partition coefficient (Wildman–Crippen LogP) is 5.74. The van der Waals surface area contributed by atoms with Gasteiger partial charge in [-0.2, -0.15) is 0 Å². The molecule has 1 saturated carbocycles. The molecule has 1 fully saturated rings. The average molecular weight is 460 g/mol. The first-order valence-corrected chi connectivity index (χ1v) is 12.5. The number of rotatable bonds is 8. The first-order chi connectivity index (χ1) is 16.1. The molecular weight excluding hydrogens is 430 g/mol. The van der Waals surface area contributed by atoms with Crippen molar-refractivity contribution < 1.29 is 9.00 Å². The Labute approximate surface area is 197 Å². The third-order valence-corrected chi connectivity index (χ3v) is 7.19. The molecule has 170 valence electrons. The molecule has 2 N–H and O–H groups in total. The minimum atomic E-state index is -1.45. The summed E-state index contributed by atoms with van der Waals surface area (Å²) >= 11 is 0. The zero-order chi connectivity index (χ0) is 23.0. The molecule has 6 heteroatoms. The van der Waals surface area contributed by atoms with Gasteiger partial charge in [0.1, 0.15) is 11.0 Å². The molecule has 0 saturated heterocycles. The van der Waals surface area contributed by atoms with Crippen LogP contribution in [0.25, 0.3) is 5.57 Å². The maximum atomic E-state index is 13.0. The Morgan fingerprint density at radius 1 is 1.00 bits per heavy atom. The van der Waals surface area contributed by atoms with E-state index in [0.29, 0.717) is 22.9 Å². The van der Waals surface area contributed by atoms with Crippen LogP contribution in [0.4, 0.5) is 5.69 Å². The number of anilines is 1. The Morgan fingerprint density at radius 2 is 1.76 bits per heavy atom. The molecule has 1 aliphatic rings. The fraction of sp³-hybridized carbons (Fsp3) is 0.259. The van der Waals surface area contributed by atoms with Gasteiger partial charge < -0.3 is 10.0 Å². The highest BCUT2D eigenvalue weighted by molar-refractivity contribution is 7.86. The highest BCUT2D eigenvalue weighted by Crippen LogP contribution is 2.37. The van der Waals surface area contributed by atoms with E-state index in [4.69, 9.17) is 0 Å². The number of aromatic nitrogens is 1. The number of carbonyl (C=O) groups is 1. The lowest BCUT2D eigenvalue weighted by Gasteiger charge is -2.25. The van der Waals surface area contributed by atoms with Crippen LogP contribution in [0.3, 0.4) is 0 Å². The largest absolute Gasteiger partial charge is 0.348 e. The summed E-state index contributed by atoms with van der Waals surface area (Å²) in [6, 6.07) is 18.5. The maximum Gasteiger partial charge on any atom is 0.251 e. The van der Waals surface area contributed by atoms with Crippen LogP contribution in [-0.4, -0.2) is 15.1 Å². The van der Waals surface area contributed by atoms with Crippen LogP contribution in [0.1, 0.15) is 53.6 Å². The monoisotopic (exact) mass is 459 g/mol. The van der Waals surface area contributed by atoms with Gasteiger partial charge in [0.15, 0.2) is 0 Å². The Bertz CT molecular complexity index is 1120. The van der Waals surface area contributed by atoms with Crippen molar-refractivity contribution in [2.24, 2.45) is 5.92 Å². The van der Waals surface area contributed by atoms with Crippen molar-refractivity contribution in [1.29, 1.82) is 0 Å². The highest BCUT2D eigenvalue weighted by Gasteiger charge is 2.20. The molecule has 1 heterocycles. The minimum Gasteiger partial charge on any atom is -0.348 e. The molecule has 2 aromatic carbocycles. The lowest BCUT2D eigenvalue weighted by atomic mass is 9.81. The van der Waals surface area contributed by atoms with Gasteiger partial charge in [-0.05, 0) is 66.3 Å². The zero-order valence-corrected chi connectivity index (χ0v) is 19.4. The van der Waals surface area contributed by atoms with Crippen molar-refractivity contribution in [3.8, 4) is 0 Å². The van der Waals surface area contributed by atoms with Crippen molar-refractivity contribution in [2.45, 2.75) is 43.5 Å². The number of hydrogen-bond donors (Lipinski definition) is 2. The molecule has 0 spiro atoms. The van der Waals surface area contributed by atoms with Gasteiger partial charge in [0.05, 0.1) is 10.6 Å². The summed E-state index contributed by atoms with van der Waals surface area (Å²) < 4.78 is 16.2. The van der Waals surface area contributed by atoms with Crippen molar-refractivity contribution in [3.63, 3.8) is 0 Å². The number of hydrogen-bond acceptors (Lipinski definition) is 3. The first-order valence-electron chi connectivity index (χ1n) is 11.4. The van der Waals surface area contributed by atoms with E-state index in [-0.39, 0.29) is 5.91 Å². The Kier molecular flexibility index (Phi) is 7.68. The SMILES string of the molecule is C=C(c1ccccc1NS(=O)c1ccc(C(=O)NCc2cccnc2)cc1)C1CCCCC1. The molecule has 1 atom stereocenters. The van der Waals surface area contributed by atoms with Gasteiger partial charge in [0.2, 0.25) is 0 Å². The van der Waals surface area contributed by atoms with Crippen molar-refractivity contribution in [1.82, 2.24) is 10.3 Å². The fourth-order valence-corrected chi connectivity index (χ4v) is 5.08. The summed E-state index contributed by atoms with van der Waals surface area (Å²) in [6.07, 6.45) is 9.54. The van der Waals surface area contributed by atoms with Gasteiger partial charge in [-0.25, -0.2) is 4.21 Å². The summed E-state index contributed by atoms with van der Waals surface area (Å²) in [7, 11) is -1.45. The molecule has 1 aliphatic carbocycles. The van der Waals surface area contributed by atoms with Crippen LogP contribution >= 0.6 is 0 Å². The number of benzene rings is 2. The zero-order valence-electron chi connectivity index (χ0n) is 18.6. The topological polar surface area (TPSA) is 71.1 Å². The maximum absolute atomic E-state index is 13.0. The molecule has 33 heavy (non-hydrogen) atoms. The number of pyridine rings is 1. The standard InChI is InChI=1S/C27H29N3O2S/c1-20(22-9-3-2-4-10-22)25-11-5-6-12-26(25)30-33(32)24-15-13-23(14-16-24)27(31)29-19-21-8-7-17-28-18-21/h5-8,11-18,22,30H,1-4,9-10,19H2,(H,29,31). The molecule has 1 aromatic heterocycles. The number of amides is 1. The van der Waals surface area contributed by atoms with Crippen LogP contribution < -0.4 is 10.0 Å². The molecule has 3 aromatic rings. The van der Waals surface area contributed by atoms with Crippen molar-refractivity contribution >= 4 is 28.2 Å². The third kappa shape index (κ3) is 5.96. The number of nitrogens with one attached hydrogen (secondary N) is 2. The smallest absolute Gasteiger partial charge is 0.251 e. The normalized spacial score (nSPS) is 14.9. The van der Waals surface area contributed by atoms with E-state index in [1.54, 1.807) is 36.7 Å². The minimum absolute atomic E-state index is 0.182. The summed E-state index contributed by atoms with van der Waals surface area (Å²) in [5.41, 5.74) is 4.43. The molecule has 0 radical (unpaired) electrons. The van der Waals surface area contributed by atoms with Crippen molar-refractivity contribution in [3.05, 3.63) is 96.3 Å². The number of carbonyl (C=O) groups excluding carboxylic acids is 1. The predicted molar refractivity (Wildman–Crippen MR) is 134 cm³/mol. The Morgan fingerprint density at radius 3 is 2.48 bits per heavy atom. The number of allylic oxidation sites excluding steroid dienone is 1. The van der Waals surface area contributed by atoms with Gasteiger partial charge in [-0.15, -0.1) is 0 Å². The second-order valence-corrected chi connectivity index (χ2v) is 9.56. The number of para-hydroxylation sites is 1. The molecule has 0 aliphatic heterocycles. The van der Waals surface area contributed by atoms with E-state index in [1.807, 2.05) is 36.4 Å². The summed E-state index contributed by atoms with van der Waals surface area (Å²) in [5.74, 6) is 0.304. The van der Waals surface area contributed by atoms with Crippen LogP contribution in [0.2, 0.25) is 0 Å². The molecular formula is C27H29N3O2S. The number of nitrogens with zero attached hydrogens (tertiary/aromatic N) is 1. The van der Waals surface area contributed by atoms with E-state index in [0.717, 1.165) is 22.4 Å². The highest BCUT2D eigenvalue weighted by atomic mass is 32.2. The molecule has 5 nitrogen and oxygen atoms in total. The molecule has 1 amide bonds. The molecule has 4 rings (SSSR count). The average Bonchev–Trinajstić information content (AvgIpc) is 2.88. The lowest BCUT2D eigenvalue weighted by Crippen LogP contribution is -2.22. The molecule has 1 unspecified atom stereocenters. The van der Waals surface area contributed by atoms with Crippen molar-refractivity contribution in [2.75, 3.05) is 4.72 Å². The summed E-state index contributed by atoms with van der Waals surface area (Å²) in [6.45, 7) is 4.78. The Hall–Kier alpha value is -3.25. The fourth-order valence-electron chi connectivity index (χ4n) is 4.20. The van der Waals surface area contributed by atoms with Gasteiger partial charge >= 0.3 is 0 Å². The third-order valence-electron chi connectivity index (χ3n) is 6.08. The summed E-state index contributed by atoms with van der Waals surface area (Å²) in [4.78, 5) is 17.1. The molecule has 0 bridgehead atoms. The van der Waals surface area contributed by atoms with Gasteiger partial charge in [0.25, 0.3) is 5.91 Å². The summed E-state index contributed by atoms with van der Waals surface area (Å²) in [5, 5.41) is 2.87. The van der Waals surface area contributed by atoms with Crippen LogP contribution in [0.15, 0.2) is 84.5 Å². The first kappa shape index (κ1) is 22.9. The van der Waals surface area contributed by atoms with E-state index in [2.05, 4.69) is 21.6 Å². The Balaban J connectivity index is 1.40. The van der Waals surface area contributed by atoms with E-state index >= 15 is 0 Å². The van der Waals surface area contributed by atoms with Gasteiger partial charge in [-0.3, -0.25) is 9.78 Å². The second-order valence-electron chi connectivity index (χ2n) is 8.34. The van der Waals surface area contributed by atoms with Crippen LogP contribution in [0.5, 0.6) is 0 Å². The lowest BCUT2D eigenvalue weighted by molar-refractivity contribution is 0.0951. The van der Waals surface area contributed by atoms with E-state index < -0.39 is 11.0 Å². The van der Waals surface area contributed by atoms with E-state index in [9.17, 15) is 9.00 Å². The van der Waals surface area contributed by atoms with Gasteiger partial charge in [0, 0.05) is 30.1 Å². The van der Waals surface area contributed by atoms with E-state index in [1.165, 1.54) is 32.1 Å². The second kappa shape index (κ2) is 11.1. The quantitative estimate of drug-likeness (QED) is 0.451. The van der Waals surface area contributed by atoms with Gasteiger partial charge in [-0.1, -0.05) is 50.1 Å². The van der Waals surface area contributed by atoms with Crippen LogP contribution in [0, 0.1) is 5.92 Å².